The molecule has 0 atom stereocenters. The molecule has 1 heterocycles. The number of esters is 1. The van der Waals surface area contributed by atoms with Crippen molar-refractivity contribution in [1.29, 1.82) is 0 Å². The molecule has 4 amide bonds. The first-order valence-electron chi connectivity index (χ1n) is 5.84. The van der Waals surface area contributed by atoms with Crippen molar-refractivity contribution in [3.05, 3.63) is 0 Å². The van der Waals surface area contributed by atoms with Gasteiger partial charge in [-0.1, -0.05) is 6.42 Å². The van der Waals surface area contributed by atoms with E-state index in [9.17, 15) is 19.2 Å². The first-order valence-corrected chi connectivity index (χ1v) is 5.84. The highest BCUT2D eigenvalue weighted by Crippen LogP contribution is 2.44. The monoisotopic (exact) mass is 254 g/mol. The Labute approximate surface area is 103 Å². The summed E-state index contributed by atoms with van der Waals surface area (Å²) in [4.78, 5) is 47.4. The number of carbonyl (C=O) groups excluding carboxylic acids is 4. The van der Waals surface area contributed by atoms with Gasteiger partial charge in [-0.25, -0.2) is 4.79 Å². The summed E-state index contributed by atoms with van der Waals surface area (Å²) in [5, 5.41) is 2.12. The molecule has 0 unspecified atom stereocenters. The second kappa shape index (κ2) is 4.40. The molecule has 98 valence electrons. The Bertz CT molecular complexity index is 427. The minimum Gasteiger partial charge on any atom is -0.465 e. The average Bonchev–Trinajstić information content (AvgIpc) is 2.22. The fraction of sp³-hybridized carbons (Fsp3) is 0.636. The van der Waals surface area contributed by atoms with E-state index in [4.69, 9.17) is 4.74 Å². The van der Waals surface area contributed by atoms with Crippen molar-refractivity contribution in [1.82, 2.24) is 10.2 Å². The van der Waals surface area contributed by atoms with Crippen LogP contribution < -0.4 is 5.32 Å². The van der Waals surface area contributed by atoms with Gasteiger partial charge in [0.15, 0.2) is 0 Å². The smallest absolute Gasteiger partial charge is 0.331 e. The van der Waals surface area contributed by atoms with Crippen LogP contribution in [0.2, 0.25) is 0 Å². The third-order valence-electron chi connectivity index (χ3n) is 3.35. The molecule has 7 nitrogen and oxygen atoms in total. The van der Waals surface area contributed by atoms with Gasteiger partial charge in [-0.05, 0) is 19.8 Å². The quantitative estimate of drug-likeness (QED) is 0.556. The van der Waals surface area contributed by atoms with Crippen LogP contribution in [0.15, 0.2) is 0 Å². The number of hydrogen-bond acceptors (Lipinski definition) is 5. The van der Waals surface area contributed by atoms with Crippen LogP contribution in [0.1, 0.15) is 26.2 Å². The predicted octanol–water partition coefficient (Wildman–Crippen LogP) is -0.202. The molecule has 1 aliphatic carbocycles. The molecule has 2 aliphatic rings. The van der Waals surface area contributed by atoms with E-state index in [2.05, 4.69) is 5.32 Å². The number of carbonyl (C=O) groups is 4. The van der Waals surface area contributed by atoms with E-state index < -0.39 is 35.8 Å². The van der Waals surface area contributed by atoms with Gasteiger partial charge < -0.3 is 4.74 Å². The maximum absolute atomic E-state index is 12.1. The summed E-state index contributed by atoms with van der Waals surface area (Å²) in [7, 11) is 0. The standard InChI is InChI=1S/C11H14N2O5/c1-2-18-7(14)6-13-9(16)11(4-3-5-11)8(15)12-10(13)17/h2-6H2,1H3,(H,12,15,17). The molecule has 0 aromatic carbocycles. The summed E-state index contributed by atoms with van der Waals surface area (Å²) in [6.45, 7) is 1.35. The van der Waals surface area contributed by atoms with Crippen LogP contribution >= 0.6 is 0 Å². The number of ether oxygens (including phenoxy) is 1. The molecule has 1 spiro atoms. The lowest BCUT2D eigenvalue weighted by Crippen LogP contribution is -2.66. The van der Waals surface area contributed by atoms with Gasteiger partial charge in [-0.15, -0.1) is 0 Å². The first kappa shape index (κ1) is 12.5. The normalized spacial score (nSPS) is 21.6. The van der Waals surface area contributed by atoms with Gasteiger partial charge in [0.25, 0.3) is 0 Å². The summed E-state index contributed by atoms with van der Waals surface area (Å²) in [5.74, 6) is -1.80. The summed E-state index contributed by atoms with van der Waals surface area (Å²) < 4.78 is 4.69. The second-order valence-corrected chi connectivity index (χ2v) is 4.39. The van der Waals surface area contributed by atoms with E-state index in [0.29, 0.717) is 12.8 Å². The van der Waals surface area contributed by atoms with Crippen LogP contribution in [0.5, 0.6) is 0 Å². The molecule has 1 saturated heterocycles. The number of hydrogen-bond donors (Lipinski definition) is 1. The molecule has 1 aliphatic heterocycles. The maximum Gasteiger partial charge on any atom is 0.331 e. The fourth-order valence-electron chi connectivity index (χ4n) is 2.18. The molecule has 0 aromatic rings. The van der Waals surface area contributed by atoms with Gasteiger partial charge in [-0.2, -0.15) is 0 Å². The van der Waals surface area contributed by atoms with Crippen LogP contribution in [-0.2, 0) is 19.1 Å². The molecule has 0 bridgehead atoms. The number of urea groups is 1. The summed E-state index contributed by atoms with van der Waals surface area (Å²) in [6, 6.07) is -0.851. The Balaban J connectivity index is 2.14. The molecular formula is C11H14N2O5. The number of barbiturate groups is 1. The van der Waals surface area contributed by atoms with Crippen molar-refractivity contribution in [2.75, 3.05) is 13.2 Å². The lowest BCUT2D eigenvalue weighted by molar-refractivity contribution is -0.161. The van der Waals surface area contributed by atoms with E-state index in [-0.39, 0.29) is 6.61 Å². The van der Waals surface area contributed by atoms with E-state index in [1.54, 1.807) is 6.92 Å². The lowest BCUT2D eigenvalue weighted by Gasteiger charge is -2.44. The van der Waals surface area contributed by atoms with Crippen molar-refractivity contribution < 1.29 is 23.9 Å². The molecule has 1 N–H and O–H groups in total. The predicted molar refractivity (Wildman–Crippen MR) is 58.2 cm³/mol. The van der Waals surface area contributed by atoms with Crippen LogP contribution in [0.3, 0.4) is 0 Å². The Morgan fingerprint density at radius 2 is 2.06 bits per heavy atom. The van der Waals surface area contributed by atoms with E-state index >= 15 is 0 Å². The summed E-state index contributed by atoms with van der Waals surface area (Å²) in [6.07, 6.45) is 1.61. The molecular weight excluding hydrogens is 240 g/mol. The summed E-state index contributed by atoms with van der Waals surface area (Å²) >= 11 is 0. The number of nitrogens with one attached hydrogen (secondary N) is 1. The number of rotatable bonds is 3. The Hall–Kier alpha value is -1.92. The minimum absolute atomic E-state index is 0.173. The highest BCUT2D eigenvalue weighted by molar-refractivity contribution is 6.20. The highest BCUT2D eigenvalue weighted by Gasteiger charge is 2.57. The van der Waals surface area contributed by atoms with Crippen molar-refractivity contribution in [2.24, 2.45) is 5.41 Å². The zero-order valence-corrected chi connectivity index (χ0v) is 10.0. The van der Waals surface area contributed by atoms with E-state index in [1.807, 2.05) is 0 Å². The van der Waals surface area contributed by atoms with E-state index in [0.717, 1.165) is 11.3 Å². The first-order chi connectivity index (χ1) is 8.51. The number of amides is 4. The van der Waals surface area contributed by atoms with Crippen molar-refractivity contribution in [3.63, 3.8) is 0 Å². The topological polar surface area (TPSA) is 92.8 Å². The van der Waals surface area contributed by atoms with Crippen LogP contribution in [0.4, 0.5) is 4.79 Å². The third kappa shape index (κ3) is 1.75. The maximum atomic E-state index is 12.1. The molecule has 1 saturated carbocycles. The molecule has 2 rings (SSSR count). The van der Waals surface area contributed by atoms with Crippen molar-refractivity contribution in [3.8, 4) is 0 Å². The van der Waals surface area contributed by atoms with Crippen molar-refractivity contribution >= 4 is 23.8 Å². The zero-order chi connectivity index (χ0) is 13.3. The average molecular weight is 254 g/mol. The SMILES string of the molecule is CCOC(=O)CN1C(=O)NC(=O)C2(CCC2)C1=O. The fourth-order valence-corrected chi connectivity index (χ4v) is 2.18. The van der Waals surface area contributed by atoms with Crippen LogP contribution in [0.25, 0.3) is 0 Å². The van der Waals surface area contributed by atoms with Gasteiger partial charge in [-0.3, -0.25) is 24.6 Å². The number of nitrogens with zero attached hydrogens (tertiary/aromatic N) is 1. The molecule has 0 radical (unpaired) electrons. The minimum atomic E-state index is -1.14. The van der Waals surface area contributed by atoms with Crippen LogP contribution in [-0.4, -0.2) is 41.9 Å². The van der Waals surface area contributed by atoms with Gasteiger partial charge in [0.1, 0.15) is 12.0 Å². The Morgan fingerprint density at radius 3 is 2.56 bits per heavy atom. The molecule has 0 aromatic heterocycles. The molecule has 2 fully saturated rings. The zero-order valence-electron chi connectivity index (χ0n) is 10.0. The van der Waals surface area contributed by atoms with Gasteiger partial charge in [0.05, 0.1) is 6.61 Å². The third-order valence-corrected chi connectivity index (χ3v) is 3.35. The Morgan fingerprint density at radius 1 is 1.39 bits per heavy atom. The van der Waals surface area contributed by atoms with Crippen LogP contribution in [0, 0.1) is 5.41 Å². The second-order valence-electron chi connectivity index (χ2n) is 4.39. The molecule has 18 heavy (non-hydrogen) atoms. The molecule has 7 heteroatoms. The highest BCUT2D eigenvalue weighted by atomic mass is 16.5. The number of imide groups is 2. The van der Waals surface area contributed by atoms with Gasteiger partial charge >= 0.3 is 12.0 Å². The lowest BCUT2D eigenvalue weighted by atomic mass is 9.66. The van der Waals surface area contributed by atoms with Crippen molar-refractivity contribution in [2.45, 2.75) is 26.2 Å². The largest absolute Gasteiger partial charge is 0.465 e. The van der Waals surface area contributed by atoms with Gasteiger partial charge in [0, 0.05) is 0 Å². The Kier molecular flexibility index (Phi) is 3.06. The summed E-state index contributed by atoms with van der Waals surface area (Å²) in [5.41, 5.74) is -1.14. The van der Waals surface area contributed by atoms with E-state index in [1.165, 1.54) is 0 Å². The van der Waals surface area contributed by atoms with Gasteiger partial charge in [0.2, 0.25) is 11.8 Å².